The summed E-state index contributed by atoms with van der Waals surface area (Å²) in [4.78, 5) is 12.3. The molecule has 0 unspecified atom stereocenters. The monoisotopic (exact) mass is 279 g/mol. The summed E-state index contributed by atoms with van der Waals surface area (Å²) in [7, 11) is 0. The molecule has 0 aliphatic heterocycles. The second kappa shape index (κ2) is 5.54. The van der Waals surface area contributed by atoms with E-state index in [1.807, 2.05) is 30.3 Å². The first-order valence-corrected chi connectivity index (χ1v) is 6.36. The molecule has 104 valence electrons. The van der Waals surface area contributed by atoms with Gasteiger partial charge >= 0.3 is 0 Å². The Morgan fingerprint density at radius 2 is 1.90 bits per heavy atom. The van der Waals surface area contributed by atoms with Gasteiger partial charge < -0.3 is 9.90 Å². The van der Waals surface area contributed by atoms with Crippen molar-refractivity contribution in [2.75, 3.05) is 0 Å². The van der Waals surface area contributed by atoms with E-state index in [1.54, 1.807) is 12.1 Å². The lowest BCUT2D eigenvalue weighted by Crippen LogP contribution is -2.22. The highest BCUT2D eigenvalue weighted by Crippen LogP contribution is 2.15. The molecule has 0 atom stereocenters. The van der Waals surface area contributed by atoms with E-state index < -0.39 is 5.97 Å². The molecular formula is C15H11N4O2-. The minimum absolute atomic E-state index is 0.0897. The number of carbonyl (C=O) groups excluding carboxylic acids is 1. The normalized spacial score (nSPS) is 10.5. The molecule has 0 amide bonds. The van der Waals surface area contributed by atoms with E-state index in [0.29, 0.717) is 17.9 Å². The van der Waals surface area contributed by atoms with Crippen molar-refractivity contribution in [2.45, 2.75) is 6.54 Å². The van der Waals surface area contributed by atoms with Gasteiger partial charge in [0.05, 0.1) is 12.5 Å². The summed E-state index contributed by atoms with van der Waals surface area (Å²) in [5, 5.41) is 23.0. The zero-order valence-corrected chi connectivity index (χ0v) is 11.0. The fraction of sp³-hybridized carbons (Fsp3) is 0.0667. The van der Waals surface area contributed by atoms with Gasteiger partial charge in [-0.2, -0.15) is 4.80 Å². The first-order valence-electron chi connectivity index (χ1n) is 6.36. The highest BCUT2D eigenvalue weighted by atomic mass is 16.4. The Labute approximate surface area is 120 Å². The first-order chi connectivity index (χ1) is 10.2. The molecular weight excluding hydrogens is 268 g/mol. The average molecular weight is 279 g/mol. The topological polar surface area (TPSA) is 83.7 Å². The summed E-state index contributed by atoms with van der Waals surface area (Å²) in [6, 6.07) is 16.1. The van der Waals surface area contributed by atoms with Crippen LogP contribution in [0.25, 0.3) is 11.4 Å². The average Bonchev–Trinajstić information content (AvgIpc) is 2.97. The Morgan fingerprint density at radius 3 is 2.67 bits per heavy atom. The number of aromatic nitrogens is 4. The summed E-state index contributed by atoms with van der Waals surface area (Å²) < 4.78 is 0. The van der Waals surface area contributed by atoms with Crippen molar-refractivity contribution in [3.05, 3.63) is 65.7 Å². The number of carboxylic acids is 1. The molecule has 2 aromatic carbocycles. The highest BCUT2D eigenvalue weighted by Gasteiger charge is 2.07. The molecule has 6 nitrogen and oxygen atoms in total. The lowest BCUT2D eigenvalue weighted by atomic mass is 10.1. The van der Waals surface area contributed by atoms with Crippen LogP contribution in [0.4, 0.5) is 0 Å². The van der Waals surface area contributed by atoms with Gasteiger partial charge in [-0.05, 0) is 22.4 Å². The lowest BCUT2D eigenvalue weighted by Gasteiger charge is -2.02. The van der Waals surface area contributed by atoms with E-state index >= 15 is 0 Å². The second-order valence-corrected chi connectivity index (χ2v) is 4.50. The van der Waals surface area contributed by atoms with Crippen molar-refractivity contribution < 1.29 is 9.90 Å². The van der Waals surface area contributed by atoms with Gasteiger partial charge in [-0.15, -0.1) is 10.2 Å². The molecule has 0 fully saturated rings. The Hall–Kier alpha value is -3.02. The number of aromatic carboxylic acids is 1. The Balaban J connectivity index is 1.85. The van der Waals surface area contributed by atoms with E-state index in [0.717, 1.165) is 5.56 Å². The number of carboxylic acid groups (broad SMARTS) is 1. The predicted molar refractivity (Wildman–Crippen MR) is 73.1 cm³/mol. The Bertz CT molecular complexity index is 768. The molecule has 0 saturated carbocycles. The van der Waals surface area contributed by atoms with Crippen molar-refractivity contribution in [1.82, 2.24) is 20.2 Å². The standard InChI is InChI=1S/C15H12N4O2/c20-15(21)13-8-4-7-12(9-13)14-16-18-19(17-14)10-11-5-2-1-3-6-11/h1-9H,10H2,(H,20,21)/p-1. The fourth-order valence-electron chi connectivity index (χ4n) is 1.96. The summed E-state index contributed by atoms with van der Waals surface area (Å²) >= 11 is 0. The lowest BCUT2D eigenvalue weighted by molar-refractivity contribution is -0.255. The SMILES string of the molecule is O=C([O-])c1cccc(-c2nnn(Cc3ccccc3)n2)c1. The maximum atomic E-state index is 10.9. The van der Waals surface area contributed by atoms with Gasteiger partial charge in [-0.1, -0.05) is 48.5 Å². The van der Waals surface area contributed by atoms with Crippen molar-refractivity contribution in [3.63, 3.8) is 0 Å². The van der Waals surface area contributed by atoms with E-state index in [1.165, 1.54) is 16.9 Å². The molecule has 0 spiro atoms. The maximum absolute atomic E-state index is 10.9. The number of hydrogen-bond acceptors (Lipinski definition) is 5. The number of rotatable bonds is 4. The van der Waals surface area contributed by atoms with Gasteiger partial charge in [0.25, 0.3) is 0 Å². The molecule has 0 N–H and O–H groups in total. The van der Waals surface area contributed by atoms with Gasteiger partial charge in [-0.3, -0.25) is 0 Å². The molecule has 3 aromatic rings. The van der Waals surface area contributed by atoms with Crippen LogP contribution in [0, 0.1) is 0 Å². The van der Waals surface area contributed by atoms with Crippen molar-refractivity contribution >= 4 is 5.97 Å². The predicted octanol–water partition coefficient (Wildman–Crippen LogP) is 0.752. The number of benzene rings is 2. The summed E-state index contributed by atoms with van der Waals surface area (Å²) in [5.74, 6) is -0.845. The molecule has 21 heavy (non-hydrogen) atoms. The summed E-state index contributed by atoms with van der Waals surface area (Å²) in [5.41, 5.74) is 1.74. The molecule has 0 aliphatic carbocycles. The first kappa shape index (κ1) is 13.0. The number of carbonyl (C=O) groups is 1. The van der Waals surface area contributed by atoms with Crippen LogP contribution in [0.1, 0.15) is 15.9 Å². The Kier molecular flexibility index (Phi) is 3.42. The fourth-order valence-corrected chi connectivity index (χ4v) is 1.96. The molecule has 0 bridgehead atoms. The molecule has 3 rings (SSSR count). The summed E-state index contributed by atoms with van der Waals surface area (Å²) in [6.45, 7) is 0.508. The smallest absolute Gasteiger partial charge is 0.204 e. The number of nitrogens with zero attached hydrogens (tertiary/aromatic N) is 4. The zero-order chi connectivity index (χ0) is 14.7. The summed E-state index contributed by atoms with van der Waals surface area (Å²) in [6.07, 6.45) is 0. The maximum Gasteiger partial charge on any atom is 0.204 e. The van der Waals surface area contributed by atoms with Gasteiger partial charge in [0.2, 0.25) is 5.82 Å². The van der Waals surface area contributed by atoms with E-state index in [9.17, 15) is 9.90 Å². The van der Waals surface area contributed by atoms with Crippen molar-refractivity contribution in [2.24, 2.45) is 0 Å². The second-order valence-electron chi connectivity index (χ2n) is 4.50. The molecule has 1 aromatic heterocycles. The minimum atomic E-state index is -1.23. The van der Waals surface area contributed by atoms with Crippen molar-refractivity contribution in [3.8, 4) is 11.4 Å². The third-order valence-electron chi connectivity index (χ3n) is 2.98. The minimum Gasteiger partial charge on any atom is -0.545 e. The van der Waals surface area contributed by atoms with Gasteiger partial charge in [0.1, 0.15) is 0 Å². The van der Waals surface area contributed by atoms with Crippen LogP contribution in [-0.2, 0) is 6.54 Å². The van der Waals surface area contributed by atoms with Gasteiger partial charge in [-0.25, -0.2) is 0 Å². The van der Waals surface area contributed by atoms with Gasteiger partial charge in [0.15, 0.2) is 0 Å². The Morgan fingerprint density at radius 1 is 1.10 bits per heavy atom. The van der Waals surface area contributed by atoms with Crippen LogP contribution in [0.3, 0.4) is 0 Å². The van der Waals surface area contributed by atoms with Crippen LogP contribution in [0.15, 0.2) is 54.6 Å². The van der Waals surface area contributed by atoms with E-state index in [4.69, 9.17) is 0 Å². The quantitative estimate of drug-likeness (QED) is 0.703. The third-order valence-corrected chi connectivity index (χ3v) is 2.98. The largest absolute Gasteiger partial charge is 0.545 e. The molecule has 0 aliphatic rings. The molecule has 1 heterocycles. The highest BCUT2D eigenvalue weighted by molar-refractivity contribution is 5.87. The van der Waals surface area contributed by atoms with Crippen LogP contribution >= 0.6 is 0 Å². The third kappa shape index (κ3) is 2.94. The zero-order valence-electron chi connectivity index (χ0n) is 11.0. The van der Waals surface area contributed by atoms with E-state index in [-0.39, 0.29) is 5.56 Å². The molecule has 6 heteroatoms. The van der Waals surface area contributed by atoms with Crippen LogP contribution < -0.4 is 5.11 Å². The van der Waals surface area contributed by atoms with Crippen LogP contribution in [0.5, 0.6) is 0 Å². The van der Waals surface area contributed by atoms with Gasteiger partial charge in [0, 0.05) is 5.56 Å². The van der Waals surface area contributed by atoms with Crippen LogP contribution in [0.2, 0.25) is 0 Å². The number of hydrogen-bond donors (Lipinski definition) is 0. The molecule has 0 saturated heterocycles. The van der Waals surface area contributed by atoms with Crippen molar-refractivity contribution in [1.29, 1.82) is 0 Å². The van der Waals surface area contributed by atoms with Crippen LogP contribution in [-0.4, -0.2) is 26.2 Å². The van der Waals surface area contributed by atoms with E-state index in [2.05, 4.69) is 15.4 Å². The number of tetrazole rings is 1. The molecule has 0 radical (unpaired) electrons.